The Morgan fingerprint density at radius 1 is 0.821 bits per heavy atom. The smallest absolute Gasteiger partial charge is 0.243 e. The second-order valence-corrected chi connectivity index (χ2v) is 6.20. The fourth-order valence-electron chi connectivity index (χ4n) is 2.39. The van der Waals surface area contributed by atoms with E-state index in [1.165, 1.54) is 0 Å². The lowest BCUT2D eigenvalue weighted by atomic mass is 10.3. The Bertz CT molecular complexity index is 687. The quantitative estimate of drug-likeness (QED) is 0.502. The van der Waals surface area contributed by atoms with Crippen molar-refractivity contribution in [1.82, 2.24) is 0 Å². The summed E-state index contributed by atoms with van der Waals surface area (Å²) >= 11 is 0. The number of ether oxygens (including phenoxy) is 3. The molecule has 0 aromatic heterocycles. The summed E-state index contributed by atoms with van der Waals surface area (Å²) in [6.45, 7) is 6.74. The molecule has 152 valence electrons. The van der Waals surface area contributed by atoms with E-state index in [9.17, 15) is 4.79 Å². The Balaban J connectivity index is 1.70. The summed E-state index contributed by atoms with van der Waals surface area (Å²) in [6.07, 6.45) is 2.15. The summed E-state index contributed by atoms with van der Waals surface area (Å²) in [4.78, 5) is 12.1. The first kappa shape index (κ1) is 21.6. The van der Waals surface area contributed by atoms with E-state index in [0.29, 0.717) is 19.8 Å². The summed E-state index contributed by atoms with van der Waals surface area (Å²) in [6, 6.07) is 14.9. The summed E-state index contributed by atoms with van der Waals surface area (Å²) in [7, 11) is 0. The summed E-state index contributed by atoms with van der Waals surface area (Å²) in [5.74, 6) is 1.47. The van der Waals surface area contributed by atoms with Gasteiger partial charge in [-0.25, -0.2) is 0 Å². The van der Waals surface area contributed by atoms with Crippen LogP contribution in [-0.2, 0) is 9.53 Å². The van der Waals surface area contributed by atoms with Gasteiger partial charge in [-0.15, -0.1) is 0 Å². The zero-order valence-corrected chi connectivity index (χ0v) is 16.7. The molecule has 2 aromatic carbocycles. The van der Waals surface area contributed by atoms with E-state index < -0.39 is 0 Å². The average molecular weight is 386 g/mol. The third-order valence-corrected chi connectivity index (χ3v) is 3.91. The maximum atomic E-state index is 12.1. The van der Waals surface area contributed by atoms with Crippen molar-refractivity contribution in [2.45, 2.75) is 26.7 Å². The van der Waals surface area contributed by atoms with Crippen LogP contribution in [0.2, 0.25) is 0 Å². The van der Waals surface area contributed by atoms with Crippen molar-refractivity contribution in [3.05, 3.63) is 48.5 Å². The Morgan fingerprint density at radius 3 is 2.04 bits per heavy atom. The van der Waals surface area contributed by atoms with Crippen LogP contribution >= 0.6 is 0 Å². The molecular formula is C22H30N2O4. The lowest BCUT2D eigenvalue weighted by Crippen LogP contribution is -2.21. The molecule has 0 atom stereocenters. The van der Waals surface area contributed by atoms with Crippen LogP contribution in [0.15, 0.2) is 48.5 Å². The van der Waals surface area contributed by atoms with Crippen molar-refractivity contribution in [3.63, 3.8) is 0 Å². The molecule has 28 heavy (non-hydrogen) atoms. The number of anilines is 2. The van der Waals surface area contributed by atoms with Crippen molar-refractivity contribution >= 4 is 17.3 Å². The molecule has 0 heterocycles. The highest BCUT2D eigenvalue weighted by molar-refractivity contribution is 5.93. The number of unbranched alkanes of at least 4 members (excludes halogenated alkanes) is 1. The standard InChI is InChI=1S/C22H30N2O4/c1-3-5-14-27-20-10-6-18(7-11-20)23-17-22(25)24-19-8-12-21(13-9-19)28-16-15-26-4-2/h6-13,23H,3-5,14-17H2,1-2H3,(H,24,25). The summed E-state index contributed by atoms with van der Waals surface area (Å²) < 4.78 is 16.4. The third kappa shape index (κ3) is 8.31. The second-order valence-electron chi connectivity index (χ2n) is 6.20. The minimum absolute atomic E-state index is 0.117. The number of carbonyl (C=O) groups is 1. The van der Waals surface area contributed by atoms with Gasteiger partial charge in [-0.05, 0) is 61.9 Å². The van der Waals surface area contributed by atoms with Gasteiger partial charge in [-0.3, -0.25) is 4.79 Å². The van der Waals surface area contributed by atoms with Gasteiger partial charge in [0.1, 0.15) is 18.1 Å². The molecule has 0 saturated carbocycles. The van der Waals surface area contributed by atoms with Gasteiger partial charge in [-0.2, -0.15) is 0 Å². The van der Waals surface area contributed by atoms with Crippen molar-refractivity contribution < 1.29 is 19.0 Å². The van der Waals surface area contributed by atoms with Gasteiger partial charge in [0.15, 0.2) is 0 Å². The summed E-state index contributed by atoms with van der Waals surface area (Å²) in [5, 5.41) is 5.96. The van der Waals surface area contributed by atoms with E-state index >= 15 is 0 Å². The molecule has 0 aliphatic carbocycles. The largest absolute Gasteiger partial charge is 0.494 e. The van der Waals surface area contributed by atoms with Crippen LogP contribution in [0.1, 0.15) is 26.7 Å². The molecule has 0 radical (unpaired) electrons. The number of hydrogen-bond donors (Lipinski definition) is 2. The zero-order chi connectivity index (χ0) is 20.0. The molecule has 6 nitrogen and oxygen atoms in total. The van der Waals surface area contributed by atoms with Crippen LogP contribution in [0.5, 0.6) is 11.5 Å². The number of carbonyl (C=O) groups excluding carboxylic acids is 1. The van der Waals surface area contributed by atoms with Crippen LogP contribution in [0, 0.1) is 0 Å². The Morgan fingerprint density at radius 2 is 1.43 bits per heavy atom. The van der Waals surface area contributed by atoms with E-state index in [-0.39, 0.29) is 12.5 Å². The summed E-state index contributed by atoms with van der Waals surface area (Å²) in [5.41, 5.74) is 1.60. The first-order chi connectivity index (χ1) is 13.7. The van der Waals surface area contributed by atoms with Crippen LogP contribution in [-0.4, -0.2) is 38.9 Å². The average Bonchev–Trinajstić information content (AvgIpc) is 2.72. The van der Waals surface area contributed by atoms with Crippen LogP contribution in [0.25, 0.3) is 0 Å². The van der Waals surface area contributed by atoms with Crippen molar-refractivity contribution in [1.29, 1.82) is 0 Å². The molecule has 2 rings (SSSR count). The molecular weight excluding hydrogens is 356 g/mol. The van der Waals surface area contributed by atoms with Gasteiger partial charge in [0.05, 0.1) is 19.8 Å². The fourth-order valence-corrected chi connectivity index (χ4v) is 2.39. The van der Waals surface area contributed by atoms with E-state index in [0.717, 1.165) is 42.3 Å². The Kier molecular flexibility index (Phi) is 9.72. The second kappa shape index (κ2) is 12.6. The minimum atomic E-state index is -0.117. The Labute approximate surface area is 167 Å². The minimum Gasteiger partial charge on any atom is -0.494 e. The van der Waals surface area contributed by atoms with Crippen LogP contribution in [0.4, 0.5) is 11.4 Å². The van der Waals surface area contributed by atoms with Crippen molar-refractivity contribution in [3.8, 4) is 11.5 Å². The zero-order valence-electron chi connectivity index (χ0n) is 16.7. The van der Waals surface area contributed by atoms with Gasteiger partial charge in [0.2, 0.25) is 5.91 Å². The molecule has 1 amide bonds. The molecule has 2 N–H and O–H groups in total. The predicted molar refractivity (Wildman–Crippen MR) is 112 cm³/mol. The highest BCUT2D eigenvalue weighted by Crippen LogP contribution is 2.17. The van der Waals surface area contributed by atoms with Gasteiger partial charge in [0.25, 0.3) is 0 Å². The predicted octanol–water partition coefficient (Wildman–Crippen LogP) is 4.33. The SMILES string of the molecule is CCCCOc1ccc(NCC(=O)Nc2ccc(OCCOCC)cc2)cc1. The molecule has 0 unspecified atom stereocenters. The molecule has 0 bridgehead atoms. The van der Waals surface area contributed by atoms with Crippen molar-refractivity contribution in [2.75, 3.05) is 43.6 Å². The maximum Gasteiger partial charge on any atom is 0.243 e. The highest BCUT2D eigenvalue weighted by Gasteiger charge is 2.03. The molecule has 0 fully saturated rings. The topological polar surface area (TPSA) is 68.8 Å². The molecule has 2 aromatic rings. The molecule has 0 saturated heterocycles. The molecule has 0 aliphatic rings. The number of hydrogen-bond acceptors (Lipinski definition) is 5. The number of nitrogens with one attached hydrogen (secondary N) is 2. The first-order valence-corrected chi connectivity index (χ1v) is 9.78. The molecule has 0 aliphatic heterocycles. The van der Waals surface area contributed by atoms with Gasteiger partial charge >= 0.3 is 0 Å². The van der Waals surface area contributed by atoms with Crippen LogP contribution in [0.3, 0.4) is 0 Å². The van der Waals surface area contributed by atoms with Gasteiger partial charge in [0, 0.05) is 18.0 Å². The molecule has 0 spiro atoms. The highest BCUT2D eigenvalue weighted by atomic mass is 16.5. The van der Waals surface area contributed by atoms with E-state index in [1.807, 2.05) is 55.5 Å². The number of rotatable bonds is 13. The van der Waals surface area contributed by atoms with Crippen molar-refractivity contribution in [2.24, 2.45) is 0 Å². The van der Waals surface area contributed by atoms with Crippen LogP contribution < -0.4 is 20.1 Å². The third-order valence-electron chi connectivity index (χ3n) is 3.91. The van der Waals surface area contributed by atoms with Gasteiger partial charge < -0.3 is 24.8 Å². The lowest BCUT2D eigenvalue weighted by molar-refractivity contribution is -0.114. The van der Waals surface area contributed by atoms with E-state index in [4.69, 9.17) is 14.2 Å². The van der Waals surface area contributed by atoms with E-state index in [2.05, 4.69) is 17.6 Å². The lowest BCUT2D eigenvalue weighted by Gasteiger charge is -2.10. The van der Waals surface area contributed by atoms with E-state index in [1.54, 1.807) is 0 Å². The van der Waals surface area contributed by atoms with Gasteiger partial charge in [-0.1, -0.05) is 13.3 Å². The Hall–Kier alpha value is -2.73. The number of benzene rings is 2. The normalized spacial score (nSPS) is 10.4. The monoisotopic (exact) mass is 386 g/mol. The fraction of sp³-hybridized carbons (Fsp3) is 0.409. The first-order valence-electron chi connectivity index (χ1n) is 9.78. The number of amides is 1. The molecule has 6 heteroatoms. The maximum absolute atomic E-state index is 12.1.